The number of hydrogen-bond donors (Lipinski definition) is 0. The van der Waals surface area contributed by atoms with Crippen molar-refractivity contribution < 1.29 is 4.42 Å². The van der Waals surface area contributed by atoms with E-state index < -0.39 is 0 Å². The summed E-state index contributed by atoms with van der Waals surface area (Å²) in [5.74, 6) is 0. The lowest BCUT2D eigenvalue weighted by Crippen LogP contribution is -2.11. The van der Waals surface area contributed by atoms with Crippen molar-refractivity contribution in [3.05, 3.63) is 125 Å². The van der Waals surface area contributed by atoms with Gasteiger partial charge in [0, 0.05) is 28.1 Å². The number of aryl methyl sites for hydroxylation is 4. The van der Waals surface area contributed by atoms with Crippen molar-refractivity contribution in [2.75, 3.05) is 0 Å². The highest BCUT2D eigenvalue weighted by Crippen LogP contribution is 2.41. The molecule has 2 aromatic heterocycles. The third-order valence-electron chi connectivity index (χ3n) is 8.30. The molecule has 0 atom stereocenters. The van der Waals surface area contributed by atoms with Crippen LogP contribution in [0.5, 0.6) is 0 Å². The molecule has 10 rings (SSSR count). The second kappa shape index (κ2) is 9.24. The van der Waals surface area contributed by atoms with Crippen molar-refractivity contribution in [3.63, 3.8) is 0 Å². The van der Waals surface area contributed by atoms with Crippen molar-refractivity contribution in [2.45, 2.75) is 51.9 Å². The van der Waals surface area contributed by atoms with Crippen LogP contribution in [0.4, 0.5) is 0 Å². The van der Waals surface area contributed by atoms with E-state index in [1.807, 2.05) is 6.20 Å². The molecule has 0 radical (unpaired) electrons. The van der Waals surface area contributed by atoms with Gasteiger partial charge in [0.05, 0.1) is 5.69 Å². The molecule has 4 aromatic carbocycles. The van der Waals surface area contributed by atoms with Gasteiger partial charge in [0.15, 0.2) is 0 Å². The van der Waals surface area contributed by atoms with E-state index in [2.05, 4.69) is 112 Å². The van der Waals surface area contributed by atoms with Crippen molar-refractivity contribution in [2.24, 2.45) is 0 Å². The summed E-state index contributed by atoms with van der Waals surface area (Å²) in [6.45, 7) is 6.72. The largest absolute Gasteiger partial charge is 0.455 e. The Morgan fingerprint density at radius 2 is 1.21 bits per heavy atom. The van der Waals surface area contributed by atoms with Crippen LogP contribution in [-0.2, 0) is 31.1 Å². The Hall–Kier alpha value is -4.17. The average molecular weight is 508 g/mol. The zero-order chi connectivity index (χ0) is 26.6. The molecule has 0 saturated heterocycles. The van der Waals surface area contributed by atoms with Crippen LogP contribution in [0.2, 0.25) is 0 Å². The van der Waals surface area contributed by atoms with Crippen LogP contribution in [-0.4, -0.2) is 4.98 Å². The minimum atomic E-state index is 0.0520. The maximum absolute atomic E-state index is 6.82. The van der Waals surface area contributed by atoms with Gasteiger partial charge >= 0.3 is 0 Å². The lowest BCUT2D eigenvalue weighted by molar-refractivity contribution is 0.589. The molecule has 0 saturated carbocycles. The summed E-state index contributed by atoms with van der Waals surface area (Å²) in [5.41, 5.74) is 13.2. The van der Waals surface area contributed by atoms with E-state index in [0.29, 0.717) is 0 Å². The van der Waals surface area contributed by atoms with Crippen molar-refractivity contribution >= 4 is 21.9 Å². The monoisotopic (exact) mass is 507 g/mol. The first-order valence-electron chi connectivity index (χ1n) is 14.1. The number of aromatic nitrogens is 1. The lowest BCUT2D eigenvalue weighted by Gasteiger charge is -2.19. The van der Waals surface area contributed by atoms with Gasteiger partial charge in [0.25, 0.3) is 0 Å². The topological polar surface area (TPSA) is 26.0 Å². The van der Waals surface area contributed by atoms with E-state index in [4.69, 9.17) is 9.40 Å². The molecule has 4 aliphatic rings. The number of fused-ring (bicyclic) bond motifs is 3. The summed E-state index contributed by atoms with van der Waals surface area (Å²) in [5, 5.41) is 2.29. The Labute approximate surface area is 230 Å². The molecule has 192 valence electrons. The Bertz CT molecular complexity index is 1830. The summed E-state index contributed by atoms with van der Waals surface area (Å²) in [4.78, 5) is 4.76. The molecule has 0 fully saturated rings. The van der Waals surface area contributed by atoms with Crippen molar-refractivity contribution in [3.8, 4) is 22.4 Å². The second-order valence-corrected chi connectivity index (χ2v) is 12.0. The first-order chi connectivity index (χ1) is 18.9. The maximum atomic E-state index is 6.82. The third kappa shape index (κ3) is 4.34. The molecule has 2 heterocycles. The lowest BCUT2D eigenvalue weighted by atomic mass is 9.87. The zero-order valence-corrected chi connectivity index (χ0v) is 22.9. The van der Waals surface area contributed by atoms with Gasteiger partial charge in [0.2, 0.25) is 0 Å². The molecule has 6 aromatic rings. The van der Waals surface area contributed by atoms with Crippen LogP contribution >= 0.6 is 0 Å². The molecule has 2 heteroatoms. The fourth-order valence-corrected chi connectivity index (χ4v) is 5.97. The van der Waals surface area contributed by atoms with Gasteiger partial charge in [-0.25, -0.2) is 0 Å². The van der Waals surface area contributed by atoms with Gasteiger partial charge in [0.1, 0.15) is 11.2 Å². The molecule has 0 aliphatic heterocycles. The van der Waals surface area contributed by atoms with Crippen molar-refractivity contribution in [1.29, 1.82) is 0 Å². The molecular formula is C37H33NO. The second-order valence-electron chi connectivity index (χ2n) is 12.0. The number of para-hydroxylation sites is 2. The number of pyridine rings is 1. The summed E-state index contributed by atoms with van der Waals surface area (Å²) >= 11 is 0. The average Bonchev–Trinajstić information content (AvgIpc) is 3.33. The molecule has 0 N–H and O–H groups in total. The molecule has 4 bridgehead atoms. The van der Waals surface area contributed by atoms with Gasteiger partial charge in [-0.05, 0) is 82.7 Å². The molecule has 39 heavy (non-hydrogen) atoms. The molecule has 0 unspecified atom stereocenters. The fraction of sp³-hybridized carbons (Fsp3) is 0.216. The van der Waals surface area contributed by atoms with E-state index in [9.17, 15) is 0 Å². The minimum absolute atomic E-state index is 0.0520. The van der Waals surface area contributed by atoms with Gasteiger partial charge in [-0.2, -0.15) is 0 Å². The van der Waals surface area contributed by atoms with Crippen LogP contribution in [0.3, 0.4) is 0 Å². The summed E-state index contributed by atoms with van der Waals surface area (Å²) in [7, 11) is 0. The standard InChI is InChI=1S/C37H33NO/c1-37(2,3)28-20-21-38-34(23-28)32-9-5-7-30-29-6-4-8-31(35(29)39-36(30)32)33-22-26-15-14-24-10-12-25(13-11-24)16-18-27(33)19-17-26/h4-13,17,19-23H,14-16,18H2,1-3H3. The van der Waals surface area contributed by atoms with E-state index in [-0.39, 0.29) is 5.41 Å². The fourth-order valence-electron chi connectivity index (χ4n) is 5.97. The molecule has 0 spiro atoms. The summed E-state index contributed by atoms with van der Waals surface area (Å²) < 4.78 is 6.82. The van der Waals surface area contributed by atoms with Gasteiger partial charge in [-0.3, -0.25) is 4.98 Å². The highest BCUT2D eigenvalue weighted by molar-refractivity contribution is 6.13. The molecule has 0 amide bonds. The Kier molecular flexibility index (Phi) is 5.66. The van der Waals surface area contributed by atoms with Gasteiger partial charge in [-0.15, -0.1) is 0 Å². The Balaban J connectivity index is 1.40. The normalized spacial score (nSPS) is 13.6. The highest BCUT2D eigenvalue weighted by Gasteiger charge is 2.20. The quantitative estimate of drug-likeness (QED) is 0.233. The molecule has 4 aliphatic carbocycles. The SMILES string of the molecule is CC(C)(C)c1ccnc(-c2cccc3c2oc2c(-c4cc5ccc4CCc4ccc(cc4)CC5)cccc23)c1. The third-order valence-corrected chi connectivity index (χ3v) is 8.30. The first kappa shape index (κ1) is 23.9. The zero-order valence-electron chi connectivity index (χ0n) is 22.9. The summed E-state index contributed by atoms with van der Waals surface area (Å²) in [6, 6.07) is 33.6. The highest BCUT2D eigenvalue weighted by atomic mass is 16.3. The van der Waals surface area contributed by atoms with E-state index >= 15 is 0 Å². The van der Waals surface area contributed by atoms with Crippen LogP contribution in [0.15, 0.2) is 102 Å². The van der Waals surface area contributed by atoms with E-state index in [1.165, 1.54) is 38.9 Å². The van der Waals surface area contributed by atoms with E-state index in [1.54, 1.807) is 0 Å². The Morgan fingerprint density at radius 1 is 0.590 bits per heavy atom. The van der Waals surface area contributed by atoms with Gasteiger partial charge < -0.3 is 4.42 Å². The smallest absolute Gasteiger partial charge is 0.144 e. The Morgan fingerprint density at radius 3 is 1.92 bits per heavy atom. The molecule has 2 nitrogen and oxygen atoms in total. The maximum Gasteiger partial charge on any atom is 0.144 e. The van der Waals surface area contributed by atoms with E-state index in [0.717, 1.165) is 58.9 Å². The number of furan rings is 1. The molecular weight excluding hydrogens is 474 g/mol. The number of rotatable bonds is 2. The minimum Gasteiger partial charge on any atom is -0.455 e. The van der Waals surface area contributed by atoms with Crippen LogP contribution in [0.1, 0.15) is 48.6 Å². The van der Waals surface area contributed by atoms with Crippen LogP contribution < -0.4 is 0 Å². The number of hydrogen-bond acceptors (Lipinski definition) is 2. The predicted molar refractivity (Wildman–Crippen MR) is 162 cm³/mol. The van der Waals surface area contributed by atoms with Crippen LogP contribution in [0.25, 0.3) is 44.3 Å². The number of benzene rings is 4. The summed E-state index contributed by atoms with van der Waals surface area (Å²) in [6.07, 6.45) is 6.03. The predicted octanol–water partition coefficient (Wildman–Crippen LogP) is 9.50. The van der Waals surface area contributed by atoms with Crippen molar-refractivity contribution in [1.82, 2.24) is 4.98 Å². The van der Waals surface area contributed by atoms with Gasteiger partial charge in [-0.1, -0.05) is 93.6 Å². The number of nitrogens with zero attached hydrogens (tertiary/aromatic N) is 1. The van der Waals surface area contributed by atoms with Crippen LogP contribution in [0, 0.1) is 0 Å². The first-order valence-corrected chi connectivity index (χ1v) is 14.1.